The predicted molar refractivity (Wildman–Crippen MR) is 105 cm³/mol. The highest BCUT2D eigenvalue weighted by Gasteiger charge is 2.31. The van der Waals surface area contributed by atoms with Crippen molar-refractivity contribution in [1.82, 2.24) is 4.90 Å². The summed E-state index contributed by atoms with van der Waals surface area (Å²) in [4.78, 5) is 51.3. The summed E-state index contributed by atoms with van der Waals surface area (Å²) in [6.45, 7) is 1.98. The van der Waals surface area contributed by atoms with E-state index in [1.165, 1.54) is 6.07 Å². The Balaban J connectivity index is 1.58. The van der Waals surface area contributed by atoms with Crippen LogP contribution in [0.25, 0.3) is 0 Å². The summed E-state index contributed by atoms with van der Waals surface area (Å²) in [5, 5.41) is 2.64. The molecule has 0 aliphatic carbocycles. The van der Waals surface area contributed by atoms with E-state index in [4.69, 9.17) is 4.74 Å². The quantitative estimate of drug-likeness (QED) is 0.806. The van der Waals surface area contributed by atoms with Crippen LogP contribution in [0.1, 0.15) is 30.1 Å². The van der Waals surface area contributed by atoms with Crippen LogP contribution < -0.4 is 15.0 Å². The van der Waals surface area contributed by atoms with E-state index in [1.807, 2.05) is 25.1 Å². The van der Waals surface area contributed by atoms with E-state index < -0.39 is 5.91 Å². The molecule has 1 N–H and O–H groups in total. The number of amides is 4. The summed E-state index contributed by atoms with van der Waals surface area (Å²) in [5.41, 5.74) is 1.37. The number of carbonyl (C=O) groups is 4. The number of carbonyl (C=O) groups excluding carboxylic acids is 4. The summed E-state index contributed by atoms with van der Waals surface area (Å²) >= 11 is 0. The van der Waals surface area contributed by atoms with E-state index in [9.17, 15) is 19.2 Å². The summed E-state index contributed by atoms with van der Waals surface area (Å²) < 4.78 is 5.93. The molecule has 0 spiro atoms. The minimum absolute atomic E-state index is 0.129. The van der Waals surface area contributed by atoms with Crippen molar-refractivity contribution in [2.75, 3.05) is 23.3 Å². The van der Waals surface area contributed by atoms with Crippen LogP contribution in [0.3, 0.4) is 0 Å². The van der Waals surface area contributed by atoms with E-state index in [0.29, 0.717) is 35.0 Å². The number of anilines is 2. The lowest BCUT2D eigenvalue weighted by Gasteiger charge is -2.20. The topological polar surface area (TPSA) is 96.0 Å². The van der Waals surface area contributed by atoms with Crippen molar-refractivity contribution in [2.24, 2.45) is 0 Å². The molecule has 8 heteroatoms. The number of para-hydroxylation sites is 2. The minimum Gasteiger partial charge on any atom is -0.454 e. The van der Waals surface area contributed by atoms with Crippen molar-refractivity contribution in [3.63, 3.8) is 0 Å². The number of ether oxygens (including phenoxy) is 1. The van der Waals surface area contributed by atoms with Crippen LogP contribution in [0.5, 0.6) is 11.5 Å². The van der Waals surface area contributed by atoms with E-state index in [1.54, 1.807) is 23.1 Å². The van der Waals surface area contributed by atoms with Gasteiger partial charge in [-0.1, -0.05) is 12.1 Å². The van der Waals surface area contributed by atoms with Gasteiger partial charge in [-0.15, -0.1) is 0 Å². The smallest absolute Gasteiger partial charge is 0.262 e. The number of nitrogens with zero attached hydrogens (tertiary/aromatic N) is 2. The Labute approximate surface area is 167 Å². The zero-order valence-corrected chi connectivity index (χ0v) is 15.8. The lowest BCUT2D eigenvalue weighted by atomic mass is 10.1. The molecule has 0 radical (unpaired) electrons. The van der Waals surface area contributed by atoms with Gasteiger partial charge in [-0.3, -0.25) is 24.1 Å². The molecule has 8 nitrogen and oxygen atoms in total. The monoisotopic (exact) mass is 393 g/mol. The highest BCUT2D eigenvalue weighted by Crippen LogP contribution is 2.39. The molecular weight excluding hydrogens is 374 g/mol. The maximum atomic E-state index is 13.1. The lowest BCUT2D eigenvalue weighted by Crippen LogP contribution is -2.36. The maximum Gasteiger partial charge on any atom is 0.262 e. The van der Waals surface area contributed by atoms with Gasteiger partial charge in [0.25, 0.3) is 5.91 Å². The van der Waals surface area contributed by atoms with Crippen molar-refractivity contribution in [2.45, 2.75) is 19.8 Å². The first-order valence-electron chi connectivity index (χ1n) is 9.33. The van der Waals surface area contributed by atoms with Gasteiger partial charge in [-0.25, -0.2) is 0 Å². The van der Waals surface area contributed by atoms with Crippen molar-refractivity contribution >= 4 is 35.0 Å². The van der Waals surface area contributed by atoms with Gasteiger partial charge in [0.1, 0.15) is 12.3 Å². The zero-order valence-electron chi connectivity index (χ0n) is 15.8. The highest BCUT2D eigenvalue weighted by molar-refractivity contribution is 6.11. The minimum atomic E-state index is -0.508. The molecule has 0 saturated carbocycles. The average Bonchev–Trinajstić information content (AvgIpc) is 2.96. The number of hydrogen-bond donors (Lipinski definition) is 1. The first-order chi connectivity index (χ1) is 14.0. The summed E-state index contributed by atoms with van der Waals surface area (Å²) in [7, 11) is 0. The maximum absolute atomic E-state index is 13.1. The van der Waals surface area contributed by atoms with E-state index in [-0.39, 0.29) is 37.1 Å². The third-order valence-electron chi connectivity index (χ3n) is 4.89. The van der Waals surface area contributed by atoms with Gasteiger partial charge in [0.15, 0.2) is 5.75 Å². The normalized spacial score (nSPS) is 15.6. The summed E-state index contributed by atoms with van der Waals surface area (Å²) in [6.07, 6.45) is 0.258. The van der Waals surface area contributed by atoms with Gasteiger partial charge >= 0.3 is 0 Å². The van der Waals surface area contributed by atoms with Crippen LogP contribution in [-0.4, -0.2) is 41.6 Å². The van der Waals surface area contributed by atoms with Crippen LogP contribution in [0.15, 0.2) is 42.5 Å². The van der Waals surface area contributed by atoms with Crippen LogP contribution >= 0.6 is 0 Å². The third kappa shape index (κ3) is 3.44. The summed E-state index contributed by atoms with van der Waals surface area (Å²) in [6, 6.07) is 12.0. The molecule has 1 saturated heterocycles. The molecule has 2 heterocycles. The Morgan fingerprint density at radius 1 is 1.00 bits per heavy atom. The fraction of sp³-hybridized carbons (Fsp3) is 0.238. The average molecular weight is 393 g/mol. The van der Waals surface area contributed by atoms with Crippen LogP contribution in [0, 0.1) is 0 Å². The molecule has 0 bridgehead atoms. The molecule has 4 rings (SSSR count). The van der Waals surface area contributed by atoms with E-state index in [2.05, 4.69) is 5.32 Å². The number of likely N-dealkylation sites (tertiary alicyclic amines) is 1. The number of nitrogens with one attached hydrogen (secondary N) is 1. The van der Waals surface area contributed by atoms with Crippen molar-refractivity contribution < 1.29 is 23.9 Å². The fourth-order valence-electron chi connectivity index (χ4n) is 3.46. The first-order valence-corrected chi connectivity index (χ1v) is 9.33. The molecule has 2 aromatic rings. The standard InChI is InChI=1S/C21H19N3O5/c1-2-23-15-5-3-4-6-17(15)29-16-8-7-13(11-14(16)21(23)28)22-18(25)12-24-19(26)9-10-20(24)27/h3-8,11H,2,9-10,12H2,1H3,(H,22,25). The fourth-order valence-corrected chi connectivity index (χ4v) is 3.46. The lowest BCUT2D eigenvalue weighted by molar-refractivity contribution is -0.141. The number of hydrogen-bond acceptors (Lipinski definition) is 5. The van der Waals surface area contributed by atoms with Crippen molar-refractivity contribution in [1.29, 1.82) is 0 Å². The predicted octanol–water partition coefficient (Wildman–Crippen LogP) is 2.55. The van der Waals surface area contributed by atoms with Gasteiger partial charge < -0.3 is 15.0 Å². The second-order valence-electron chi connectivity index (χ2n) is 6.75. The molecule has 4 amide bonds. The number of fused-ring (bicyclic) bond motifs is 2. The molecule has 1 fully saturated rings. The van der Waals surface area contributed by atoms with Crippen molar-refractivity contribution in [3.8, 4) is 11.5 Å². The van der Waals surface area contributed by atoms with Gasteiger partial charge in [0.2, 0.25) is 17.7 Å². The molecule has 2 aromatic carbocycles. The molecule has 0 aromatic heterocycles. The van der Waals surface area contributed by atoms with E-state index >= 15 is 0 Å². The summed E-state index contributed by atoms with van der Waals surface area (Å²) in [5.74, 6) is -0.496. The van der Waals surface area contributed by atoms with Crippen LogP contribution in [0.4, 0.5) is 11.4 Å². The van der Waals surface area contributed by atoms with Gasteiger partial charge in [0.05, 0.1) is 11.3 Å². The highest BCUT2D eigenvalue weighted by atomic mass is 16.5. The molecule has 0 atom stereocenters. The van der Waals surface area contributed by atoms with E-state index in [0.717, 1.165) is 4.90 Å². The number of rotatable bonds is 4. The SMILES string of the molecule is CCN1C(=O)c2cc(NC(=O)CN3C(=O)CCC3=O)ccc2Oc2ccccc21. The van der Waals surface area contributed by atoms with Crippen LogP contribution in [0.2, 0.25) is 0 Å². The largest absolute Gasteiger partial charge is 0.454 e. The van der Waals surface area contributed by atoms with Crippen LogP contribution in [-0.2, 0) is 14.4 Å². The Hall–Kier alpha value is -3.68. The van der Waals surface area contributed by atoms with Crippen molar-refractivity contribution in [3.05, 3.63) is 48.0 Å². The van der Waals surface area contributed by atoms with Gasteiger partial charge in [-0.2, -0.15) is 0 Å². The Bertz CT molecular complexity index is 1020. The Morgan fingerprint density at radius 3 is 2.45 bits per heavy atom. The Kier molecular flexibility index (Phi) is 4.75. The molecule has 29 heavy (non-hydrogen) atoms. The van der Waals surface area contributed by atoms with Gasteiger partial charge in [-0.05, 0) is 37.3 Å². The molecule has 148 valence electrons. The Morgan fingerprint density at radius 2 is 1.72 bits per heavy atom. The molecular formula is C21H19N3O5. The third-order valence-corrected chi connectivity index (χ3v) is 4.89. The molecule has 2 aliphatic rings. The number of benzene rings is 2. The molecule has 0 unspecified atom stereocenters. The zero-order chi connectivity index (χ0) is 20.5. The first kappa shape index (κ1) is 18.7. The molecule has 2 aliphatic heterocycles. The van der Waals surface area contributed by atoms with Gasteiger partial charge in [0, 0.05) is 25.1 Å². The number of imide groups is 1. The second kappa shape index (κ2) is 7.38. The second-order valence-corrected chi connectivity index (χ2v) is 6.75.